The van der Waals surface area contributed by atoms with Crippen molar-refractivity contribution in [1.29, 1.82) is 0 Å². The molecule has 0 aromatic carbocycles. The van der Waals surface area contributed by atoms with Crippen LogP contribution < -0.4 is 11.1 Å². The summed E-state index contributed by atoms with van der Waals surface area (Å²) in [4.78, 5) is 24.9. The van der Waals surface area contributed by atoms with Crippen LogP contribution in [-0.2, 0) is 9.59 Å². The fourth-order valence-corrected chi connectivity index (χ4v) is 1.72. The van der Waals surface area contributed by atoms with E-state index in [-0.39, 0.29) is 11.8 Å². The van der Waals surface area contributed by atoms with E-state index >= 15 is 0 Å². The van der Waals surface area contributed by atoms with E-state index in [9.17, 15) is 9.59 Å². The summed E-state index contributed by atoms with van der Waals surface area (Å²) in [5.74, 6) is 0.162. The summed E-state index contributed by atoms with van der Waals surface area (Å²) in [7, 11) is 0. The summed E-state index contributed by atoms with van der Waals surface area (Å²) in [5.41, 5.74) is 5.36. The van der Waals surface area contributed by atoms with Crippen molar-refractivity contribution in [1.82, 2.24) is 10.2 Å². The lowest BCUT2D eigenvalue weighted by molar-refractivity contribution is -0.131. The van der Waals surface area contributed by atoms with Gasteiger partial charge in [-0.1, -0.05) is 0 Å². The van der Waals surface area contributed by atoms with Crippen molar-refractivity contribution in [3.63, 3.8) is 0 Å². The highest BCUT2D eigenvalue weighted by molar-refractivity contribution is 5.78. The highest BCUT2D eigenvalue weighted by atomic mass is 16.2. The molecule has 0 fully saturated rings. The summed E-state index contributed by atoms with van der Waals surface area (Å²) >= 11 is 0. The maximum absolute atomic E-state index is 11.7. The minimum atomic E-state index is 0.0272. The number of hydrogen-bond acceptors (Lipinski definition) is 3. The van der Waals surface area contributed by atoms with Gasteiger partial charge in [-0.15, -0.1) is 0 Å². The fourth-order valence-electron chi connectivity index (χ4n) is 1.72. The molecule has 0 radical (unpaired) electrons. The van der Waals surface area contributed by atoms with Gasteiger partial charge in [-0.25, -0.2) is 0 Å². The van der Waals surface area contributed by atoms with Crippen molar-refractivity contribution >= 4 is 11.8 Å². The maximum Gasteiger partial charge on any atom is 0.222 e. The molecule has 0 unspecified atom stereocenters. The molecule has 0 rings (SSSR count). The Hall–Kier alpha value is -1.10. The average Bonchev–Trinajstić information content (AvgIpc) is 2.36. The number of nitrogens with two attached hydrogens (primary N) is 1. The molecule has 3 N–H and O–H groups in total. The van der Waals surface area contributed by atoms with Gasteiger partial charge in [0, 0.05) is 32.5 Å². The summed E-state index contributed by atoms with van der Waals surface area (Å²) in [6, 6.07) is 0. The first-order chi connectivity index (χ1) is 8.65. The molecule has 0 aliphatic heterocycles. The molecule has 106 valence electrons. The van der Waals surface area contributed by atoms with Crippen LogP contribution in [0.3, 0.4) is 0 Å². The zero-order valence-electron chi connectivity index (χ0n) is 11.7. The second-order valence-electron chi connectivity index (χ2n) is 4.27. The Balaban J connectivity index is 3.58. The van der Waals surface area contributed by atoms with Gasteiger partial charge in [0.1, 0.15) is 0 Å². The van der Waals surface area contributed by atoms with Gasteiger partial charge in [0.05, 0.1) is 0 Å². The first kappa shape index (κ1) is 16.9. The van der Waals surface area contributed by atoms with Gasteiger partial charge in [0.25, 0.3) is 0 Å². The van der Waals surface area contributed by atoms with Crippen molar-refractivity contribution in [2.45, 2.75) is 46.0 Å². The third kappa shape index (κ3) is 8.06. The van der Waals surface area contributed by atoms with Crippen molar-refractivity contribution in [2.24, 2.45) is 5.73 Å². The molecule has 0 aromatic rings. The third-order valence-corrected chi connectivity index (χ3v) is 2.86. The molecule has 0 spiro atoms. The smallest absolute Gasteiger partial charge is 0.222 e. The molecule has 2 amide bonds. The Labute approximate surface area is 110 Å². The van der Waals surface area contributed by atoms with Crippen LogP contribution in [-0.4, -0.2) is 42.9 Å². The molecule has 5 heteroatoms. The standard InChI is InChI=1S/C13H27N3O2/c1-3-16(4-2)13(18)9-7-8-12(17)15-11-6-5-10-14/h3-11,14H2,1-2H3,(H,15,17). The second kappa shape index (κ2) is 11.0. The molecule has 0 aromatic heterocycles. The van der Waals surface area contributed by atoms with Crippen LogP contribution in [0.1, 0.15) is 46.0 Å². The van der Waals surface area contributed by atoms with Crippen LogP contribution in [0.2, 0.25) is 0 Å². The second-order valence-corrected chi connectivity index (χ2v) is 4.27. The first-order valence-electron chi connectivity index (χ1n) is 6.90. The van der Waals surface area contributed by atoms with Crippen molar-refractivity contribution in [3.8, 4) is 0 Å². The fraction of sp³-hybridized carbons (Fsp3) is 0.846. The number of carbonyl (C=O) groups is 2. The van der Waals surface area contributed by atoms with Crippen LogP contribution in [0.5, 0.6) is 0 Å². The van der Waals surface area contributed by atoms with Crippen molar-refractivity contribution in [3.05, 3.63) is 0 Å². The number of amides is 2. The van der Waals surface area contributed by atoms with E-state index in [0.29, 0.717) is 32.4 Å². The monoisotopic (exact) mass is 257 g/mol. The van der Waals surface area contributed by atoms with E-state index in [4.69, 9.17) is 5.73 Å². The normalized spacial score (nSPS) is 10.2. The summed E-state index contributed by atoms with van der Waals surface area (Å²) in [6.07, 6.45) is 3.35. The van der Waals surface area contributed by atoms with Gasteiger partial charge in [0.15, 0.2) is 0 Å². The summed E-state index contributed by atoms with van der Waals surface area (Å²) < 4.78 is 0. The molecule has 18 heavy (non-hydrogen) atoms. The molecular formula is C13H27N3O2. The molecule has 0 aliphatic rings. The zero-order valence-corrected chi connectivity index (χ0v) is 11.7. The number of nitrogens with one attached hydrogen (secondary N) is 1. The van der Waals surface area contributed by atoms with Crippen molar-refractivity contribution in [2.75, 3.05) is 26.2 Å². The summed E-state index contributed by atoms with van der Waals surface area (Å²) in [5, 5.41) is 2.83. The lowest BCUT2D eigenvalue weighted by atomic mass is 10.2. The lowest BCUT2D eigenvalue weighted by Crippen LogP contribution is -2.30. The zero-order chi connectivity index (χ0) is 13.8. The predicted molar refractivity (Wildman–Crippen MR) is 73.1 cm³/mol. The quantitative estimate of drug-likeness (QED) is 0.570. The Kier molecular flexibility index (Phi) is 10.3. The Bertz CT molecular complexity index is 240. The largest absolute Gasteiger partial charge is 0.356 e. The van der Waals surface area contributed by atoms with Gasteiger partial charge >= 0.3 is 0 Å². The molecule has 0 aliphatic carbocycles. The van der Waals surface area contributed by atoms with Gasteiger partial charge < -0.3 is 16.0 Å². The molecule has 0 atom stereocenters. The van der Waals surface area contributed by atoms with Gasteiger partial charge in [-0.3, -0.25) is 9.59 Å². The molecule has 0 heterocycles. The minimum absolute atomic E-state index is 0.0272. The Morgan fingerprint density at radius 3 is 2.28 bits per heavy atom. The van der Waals surface area contributed by atoms with Crippen molar-refractivity contribution < 1.29 is 9.59 Å². The summed E-state index contributed by atoms with van der Waals surface area (Å²) in [6.45, 7) is 6.74. The van der Waals surface area contributed by atoms with E-state index in [2.05, 4.69) is 5.32 Å². The lowest BCUT2D eigenvalue weighted by Gasteiger charge is -2.18. The molecule has 5 nitrogen and oxygen atoms in total. The number of unbranched alkanes of at least 4 members (excludes halogenated alkanes) is 1. The molecular weight excluding hydrogens is 230 g/mol. The van der Waals surface area contributed by atoms with Crippen LogP contribution in [0.15, 0.2) is 0 Å². The topological polar surface area (TPSA) is 75.4 Å². The van der Waals surface area contributed by atoms with Crippen LogP contribution in [0, 0.1) is 0 Å². The van der Waals surface area contributed by atoms with E-state index in [1.807, 2.05) is 13.8 Å². The van der Waals surface area contributed by atoms with E-state index in [0.717, 1.165) is 25.9 Å². The maximum atomic E-state index is 11.7. The third-order valence-electron chi connectivity index (χ3n) is 2.86. The predicted octanol–water partition coefficient (Wildman–Crippen LogP) is 0.880. The molecule has 0 saturated heterocycles. The number of nitrogens with zero attached hydrogens (tertiary/aromatic N) is 1. The van der Waals surface area contributed by atoms with E-state index in [1.165, 1.54) is 0 Å². The Morgan fingerprint density at radius 2 is 1.72 bits per heavy atom. The SMILES string of the molecule is CCN(CC)C(=O)CCCC(=O)NCCCCN. The van der Waals surface area contributed by atoms with Gasteiger partial charge in [0.2, 0.25) is 11.8 Å². The highest BCUT2D eigenvalue weighted by Crippen LogP contribution is 2.01. The number of rotatable bonds is 10. The average molecular weight is 257 g/mol. The minimum Gasteiger partial charge on any atom is -0.356 e. The van der Waals surface area contributed by atoms with Crippen LogP contribution in [0.4, 0.5) is 0 Å². The van der Waals surface area contributed by atoms with Crippen LogP contribution >= 0.6 is 0 Å². The molecule has 0 saturated carbocycles. The number of carbonyl (C=O) groups excluding carboxylic acids is 2. The molecule has 0 bridgehead atoms. The van der Waals surface area contributed by atoms with Gasteiger partial charge in [-0.2, -0.15) is 0 Å². The highest BCUT2D eigenvalue weighted by Gasteiger charge is 2.09. The Morgan fingerprint density at radius 1 is 1.06 bits per heavy atom. The van der Waals surface area contributed by atoms with Gasteiger partial charge in [-0.05, 0) is 39.7 Å². The number of hydrogen-bond donors (Lipinski definition) is 2. The first-order valence-corrected chi connectivity index (χ1v) is 6.90. The van der Waals surface area contributed by atoms with E-state index < -0.39 is 0 Å². The van der Waals surface area contributed by atoms with Crippen LogP contribution in [0.25, 0.3) is 0 Å². The van der Waals surface area contributed by atoms with E-state index in [1.54, 1.807) is 4.90 Å².